The summed E-state index contributed by atoms with van der Waals surface area (Å²) in [6.07, 6.45) is 1.26. The number of nitrogens with one attached hydrogen (secondary N) is 1. The van der Waals surface area contributed by atoms with Gasteiger partial charge >= 0.3 is 5.91 Å². The van der Waals surface area contributed by atoms with Gasteiger partial charge in [0.25, 0.3) is 5.69 Å². The molecule has 0 fully saturated rings. The van der Waals surface area contributed by atoms with Crippen LogP contribution in [-0.4, -0.2) is 10.9 Å². The molecular weight excluding hydrogens is 317 g/mol. The van der Waals surface area contributed by atoms with Crippen molar-refractivity contribution < 1.29 is 13.9 Å². The van der Waals surface area contributed by atoms with E-state index in [0.29, 0.717) is 15.6 Å². The minimum atomic E-state index is -0.528. The van der Waals surface area contributed by atoms with Crippen molar-refractivity contribution in [2.75, 3.05) is 5.32 Å². The molecular formula is C16H12FN3O2S. The lowest BCUT2D eigenvalue weighted by atomic mass is 10.1. The van der Waals surface area contributed by atoms with Crippen LogP contribution in [0.25, 0.3) is 11.3 Å². The average Bonchev–Trinajstić information content (AvgIpc) is 2.89. The number of nitrogens with zero attached hydrogens (tertiary/aromatic N) is 2. The van der Waals surface area contributed by atoms with Crippen LogP contribution in [0.15, 0.2) is 48.7 Å². The molecule has 0 bridgehead atoms. The molecule has 0 spiro atoms. The number of rotatable bonds is 3. The largest absolute Gasteiger partial charge is 0.618 e. The van der Waals surface area contributed by atoms with E-state index in [4.69, 9.17) is 0 Å². The average molecular weight is 329 g/mol. The van der Waals surface area contributed by atoms with Crippen molar-refractivity contribution >= 4 is 22.4 Å². The van der Waals surface area contributed by atoms with Crippen molar-refractivity contribution in [1.82, 2.24) is 4.98 Å². The molecule has 3 aromatic rings. The normalized spacial score (nSPS) is 10.5. The van der Waals surface area contributed by atoms with E-state index >= 15 is 0 Å². The van der Waals surface area contributed by atoms with Gasteiger partial charge in [0, 0.05) is 22.6 Å². The van der Waals surface area contributed by atoms with E-state index in [1.54, 1.807) is 24.3 Å². The van der Waals surface area contributed by atoms with E-state index in [-0.39, 0.29) is 11.5 Å². The highest BCUT2D eigenvalue weighted by Gasteiger charge is 2.18. The highest BCUT2D eigenvalue weighted by Crippen LogP contribution is 2.30. The minimum absolute atomic E-state index is 0.0105. The van der Waals surface area contributed by atoms with Gasteiger partial charge in [0.15, 0.2) is 11.3 Å². The molecule has 0 unspecified atom stereocenters. The number of anilines is 1. The van der Waals surface area contributed by atoms with Gasteiger partial charge in [-0.1, -0.05) is 0 Å². The number of hydrogen-bond donors (Lipinski definition) is 1. The zero-order valence-corrected chi connectivity index (χ0v) is 12.9. The lowest BCUT2D eigenvalue weighted by molar-refractivity contribution is -0.607. The summed E-state index contributed by atoms with van der Waals surface area (Å²) >= 11 is 1.29. The van der Waals surface area contributed by atoms with Crippen molar-refractivity contribution in [1.29, 1.82) is 0 Å². The Kier molecular flexibility index (Phi) is 4.03. The van der Waals surface area contributed by atoms with Crippen molar-refractivity contribution in [2.24, 2.45) is 0 Å². The Morgan fingerprint density at radius 3 is 2.70 bits per heavy atom. The number of carbonyl (C=O) groups excluding carboxylic acids is 1. The zero-order valence-electron chi connectivity index (χ0n) is 12.1. The van der Waals surface area contributed by atoms with Gasteiger partial charge in [-0.15, -0.1) is 11.3 Å². The van der Waals surface area contributed by atoms with E-state index in [1.807, 2.05) is 6.92 Å². The third kappa shape index (κ3) is 3.19. The van der Waals surface area contributed by atoms with E-state index in [9.17, 15) is 14.4 Å². The number of benzene rings is 1. The van der Waals surface area contributed by atoms with Gasteiger partial charge in [0.05, 0.1) is 5.69 Å². The molecule has 5 nitrogen and oxygen atoms in total. The van der Waals surface area contributed by atoms with Crippen LogP contribution >= 0.6 is 11.3 Å². The van der Waals surface area contributed by atoms with Crippen LogP contribution in [0.5, 0.6) is 0 Å². The lowest BCUT2D eigenvalue weighted by Crippen LogP contribution is -2.36. The fraction of sp³-hybridized carbons (Fsp3) is 0.0625. The summed E-state index contributed by atoms with van der Waals surface area (Å²) in [5.74, 6) is -0.848. The van der Waals surface area contributed by atoms with Gasteiger partial charge in [-0.05, 0) is 37.3 Å². The third-order valence-corrected chi connectivity index (χ3v) is 4.08. The van der Waals surface area contributed by atoms with Crippen molar-refractivity contribution in [2.45, 2.75) is 6.92 Å². The summed E-state index contributed by atoms with van der Waals surface area (Å²) in [7, 11) is 0. The molecule has 7 heteroatoms. The third-order valence-electron chi connectivity index (χ3n) is 3.19. The quantitative estimate of drug-likeness (QED) is 0.593. The summed E-state index contributed by atoms with van der Waals surface area (Å²) in [5.41, 5.74) is 1.43. The molecule has 0 atom stereocenters. The molecule has 1 N–H and O–H groups in total. The van der Waals surface area contributed by atoms with Gasteiger partial charge in [0.1, 0.15) is 5.82 Å². The molecule has 1 aromatic carbocycles. The maximum Gasteiger partial charge on any atom is 0.323 e. The van der Waals surface area contributed by atoms with E-state index in [1.165, 1.54) is 35.7 Å². The van der Waals surface area contributed by atoms with Gasteiger partial charge in [-0.3, -0.25) is 10.1 Å². The maximum atomic E-state index is 13.0. The van der Waals surface area contributed by atoms with E-state index < -0.39 is 5.91 Å². The molecule has 1 amide bonds. The Morgan fingerprint density at radius 1 is 1.26 bits per heavy atom. The summed E-state index contributed by atoms with van der Waals surface area (Å²) in [6.45, 7) is 1.86. The molecule has 0 saturated carbocycles. The fourth-order valence-electron chi connectivity index (χ4n) is 2.09. The number of aryl methyl sites for hydroxylation is 1. The predicted molar refractivity (Wildman–Crippen MR) is 85.6 cm³/mol. The Hall–Kier alpha value is -2.80. The molecule has 2 aromatic heterocycles. The van der Waals surface area contributed by atoms with Crippen LogP contribution in [0.1, 0.15) is 15.4 Å². The number of amides is 1. The first-order valence-electron chi connectivity index (χ1n) is 6.77. The molecule has 3 rings (SSSR count). The van der Waals surface area contributed by atoms with Crippen molar-refractivity contribution in [3.05, 3.63) is 70.3 Å². The number of pyridine rings is 1. The first kappa shape index (κ1) is 15.1. The molecule has 23 heavy (non-hydrogen) atoms. The predicted octanol–water partition coefficient (Wildman–Crippen LogP) is 3.14. The summed E-state index contributed by atoms with van der Waals surface area (Å²) in [4.78, 5) is 17.4. The summed E-state index contributed by atoms with van der Waals surface area (Å²) < 4.78 is 13.5. The zero-order chi connectivity index (χ0) is 16.4. The molecule has 0 radical (unpaired) electrons. The van der Waals surface area contributed by atoms with Crippen molar-refractivity contribution in [3.63, 3.8) is 0 Å². The molecule has 0 aliphatic rings. The van der Waals surface area contributed by atoms with Crippen LogP contribution in [-0.2, 0) is 0 Å². The SMILES string of the molecule is Cc1sc(NC(=O)c2cccc[n+]2[O-])nc1-c1ccc(F)cc1. The summed E-state index contributed by atoms with van der Waals surface area (Å²) in [5, 5.41) is 14.6. The van der Waals surface area contributed by atoms with Crippen molar-refractivity contribution in [3.8, 4) is 11.3 Å². The van der Waals surface area contributed by atoms with Gasteiger partial charge < -0.3 is 5.21 Å². The standard InChI is InChI=1S/C16H12FN3O2S/c1-10-14(11-5-7-12(17)8-6-11)18-16(23-10)19-15(21)13-4-2-3-9-20(13)22/h2-9H,1H3,(H,18,19,21). The molecule has 116 valence electrons. The molecule has 0 aliphatic heterocycles. The van der Waals surface area contributed by atoms with Crippen LogP contribution < -0.4 is 10.0 Å². The second kappa shape index (κ2) is 6.13. The highest BCUT2D eigenvalue weighted by molar-refractivity contribution is 7.16. The topological polar surface area (TPSA) is 68.9 Å². The first-order valence-corrected chi connectivity index (χ1v) is 7.59. The van der Waals surface area contributed by atoms with Gasteiger partial charge in [-0.25, -0.2) is 9.37 Å². The Balaban J connectivity index is 1.85. The minimum Gasteiger partial charge on any atom is -0.618 e. The second-order valence-electron chi connectivity index (χ2n) is 4.80. The fourth-order valence-corrected chi connectivity index (χ4v) is 2.92. The monoisotopic (exact) mass is 329 g/mol. The molecule has 2 heterocycles. The maximum absolute atomic E-state index is 13.0. The van der Waals surface area contributed by atoms with Gasteiger partial charge in [-0.2, -0.15) is 4.73 Å². The second-order valence-corrected chi connectivity index (χ2v) is 6.00. The number of thiazole rings is 1. The van der Waals surface area contributed by atoms with E-state index in [0.717, 1.165) is 10.4 Å². The first-order chi connectivity index (χ1) is 11.0. The van der Waals surface area contributed by atoms with Crippen LogP contribution in [0.2, 0.25) is 0 Å². The Labute approximate surface area is 135 Å². The van der Waals surface area contributed by atoms with E-state index in [2.05, 4.69) is 10.3 Å². The van der Waals surface area contributed by atoms with Gasteiger partial charge in [0.2, 0.25) is 0 Å². The summed E-state index contributed by atoms with van der Waals surface area (Å²) in [6, 6.07) is 10.6. The van der Waals surface area contributed by atoms with Crippen LogP contribution in [0.3, 0.4) is 0 Å². The smallest absolute Gasteiger partial charge is 0.323 e. The highest BCUT2D eigenvalue weighted by atomic mass is 32.1. The molecule has 0 aliphatic carbocycles. The Bertz CT molecular complexity index is 862. The molecule has 0 saturated heterocycles. The Morgan fingerprint density at radius 2 is 2.00 bits per heavy atom. The van der Waals surface area contributed by atoms with Crippen LogP contribution in [0.4, 0.5) is 9.52 Å². The number of aromatic nitrogens is 2. The number of hydrogen-bond acceptors (Lipinski definition) is 4. The lowest BCUT2D eigenvalue weighted by Gasteiger charge is -2.02. The number of carbonyl (C=O) groups is 1. The van der Waals surface area contributed by atoms with Crippen LogP contribution in [0, 0.1) is 17.9 Å². The number of halogens is 1.